The van der Waals surface area contributed by atoms with Gasteiger partial charge in [0.2, 0.25) is 5.91 Å². The van der Waals surface area contributed by atoms with Crippen molar-refractivity contribution in [3.05, 3.63) is 29.6 Å². The number of ether oxygens (including phenoxy) is 1. The number of likely N-dealkylation sites (tertiary alicyclic amines) is 1. The number of aromatic nitrogens is 1. The lowest BCUT2D eigenvalue weighted by Crippen LogP contribution is -2.58. The summed E-state index contributed by atoms with van der Waals surface area (Å²) < 4.78 is 6.02. The molecule has 124 valence electrons. The number of hydrogen-bond donors (Lipinski definition) is 0. The van der Waals surface area contributed by atoms with Crippen molar-refractivity contribution in [2.75, 3.05) is 32.8 Å². The van der Waals surface area contributed by atoms with Crippen LogP contribution in [0, 0.1) is 6.92 Å². The second-order valence-corrected chi connectivity index (χ2v) is 6.45. The number of hydrogen-bond acceptors (Lipinski definition) is 4. The second kappa shape index (κ2) is 6.28. The Morgan fingerprint density at radius 3 is 2.52 bits per heavy atom. The molecule has 2 amide bonds. The molecule has 0 bridgehead atoms. The molecule has 2 saturated heterocycles. The van der Waals surface area contributed by atoms with Gasteiger partial charge in [0.05, 0.1) is 24.3 Å². The van der Waals surface area contributed by atoms with Crippen molar-refractivity contribution in [2.24, 2.45) is 0 Å². The SMILES string of the molecule is CC(=O)N1CCC2(CC1)CN(C(=O)c1ccc(C)nc1)CCO2. The predicted molar refractivity (Wildman–Crippen MR) is 85.0 cm³/mol. The largest absolute Gasteiger partial charge is 0.371 e. The Bertz CT molecular complexity index is 592. The minimum Gasteiger partial charge on any atom is -0.371 e. The third-order valence-corrected chi connectivity index (χ3v) is 4.81. The Labute approximate surface area is 136 Å². The molecule has 1 spiro atoms. The van der Waals surface area contributed by atoms with Crippen molar-refractivity contribution in [3.8, 4) is 0 Å². The highest BCUT2D eigenvalue weighted by molar-refractivity contribution is 5.94. The Hall–Kier alpha value is -1.95. The smallest absolute Gasteiger partial charge is 0.255 e. The summed E-state index contributed by atoms with van der Waals surface area (Å²) in [6.45, 7) is 6.63. The number of nitrogens with zero attached hydrogens (tertiary/aromatic N) is 3. The summed E-state index contributed by atoms with van der Waals surface area (Å²) in [6, 6.07) is 3.68. The molecule has 3 heterocycles. The predicted octanol–water partition coefficient (Wildman–Crippen LogP) is 1.24. The number of pyridine rings is 1. The Morgan fingerprint density at radius 1 is 1.17 bits per heavy atom. The summed E-state index contributed by atoms with van der Waals surface area (Å²) >= 11 is 0. The molecule has 6 heteroatoms. The van der Waals surface area contributed by atoms with E-state index in [1.54, 1.807) is 13.1 Å². The van der Waals surface area contributed by atoms with Crippen molar-refractivity contribution in [2.45, 2.75) is 32.3 Å². The molecule has 2 fully saturated rings. The zero-order valence-corrected chi connectivity index (χ0v) is 13.7. The van der Waals surface area contributed by atoms with Gasteiger partial charge < -0.3 is 14.5 Å². The van der Waals surface area contributed by atoms with Gasteiger partial charge in [0, 0.05) is 38.4 Å². The molecular formula is C17H23N3O3. The van der Waals surface area contributed by atoms with Crippen molar-refractivity contribution in [3.63, 3.8) is 0 Å². The van der Waals surface area contributed by atoms with Crippen LogP contribution in [-0.4, -0.2) is 65.0 Å². The number of piperidine rings is 1. The summed E-state index contributed by atoms with van der Waals surface area (Å²) in [6.07, 6.45) is 3.20. The molecule has 1 aromatic heterocycles. The van der Waals surface area contributed by atoms with Crippen LogP contribution in [0.3, 0.4) is 0 Å². The molecule has 0 aromatic carbocycles. The molecule has 0 saturated carbocycles. The number of morpholine rings is 1. The Kier molecular flexibility index (Phi) is 4.35. The first-order valence-electron chi connectivity index (χ1n) is 8.10. The molecule has 0 aliphatic carbocycles. The fourth-order valence-electron chi connectivity index (χ4n) is 3.33. The summed E-state index contributed by atoms with van der Waals surface area (Å²) in [5.74, 6) is 0.114. The summed E-state index contributed by atoms with van der Waals surface area (Å²) in [5, 5.41) is 0. The van der Waals surface area contributed by atoms with Gasteiger partial charge in [-0.25, -0.2) is 0 Å². The van der Waals surface area contributed by atoms with Gasteiger partial charge in [-0.1, -0.05) is 0 Å². The van der Waals surface area contributed by atoms with Crippen LogP contribution in [0.25, 0.3) is 0 Å². The molecular weight excluding hydrogens is 294 g/mol. The quantitative estimate of drug-likeness (QED) is 0.782. The fourth-order valence-corrected chi connectivity index (χ4v) is 3.33. The lowest BCUT2D eigenvalue weighted by molar-refractivity contribution is -0.145. The van der Waals surface area contributed by atoms with Crippen LogP contribution in [0.5, 0.6) is 0 Å². The molecule has 6 nitrogen and oxygen atoms in total. The molecule has 3 rings (SSSR count). The lowest BCUT2D eigenvalue weighted by Gasteiger charge is -2.47. The number of amides is 2. The van der Waals surface area contributed by atoms with Crippen molar-refractivity contribution in [1.29, 1.82) is 0 Å². The van der Waals surface area contributed by atoms with E-state index in [9.17, 15) is 9.59 Å². The van der Waals surface area contributed by atoms with E-state index in [-0.39, 0.29) is 17.4 Å². The van der Waals surface area contributed by atoms with Gasteiger partial charge in [-0.3, -0.25) is 14.6 Å². The highest BCUT2D eigenvalue weighted by Gasteiger charge is 2.41. The molecule has 0 radical (unpaired) electrons. The molecule has 2 aliphatic rings. The van der Waals surface area contributed by atoms with Crippen LogP contribution < -0.4 is 0 Å². The van der Waals surface area contributed by atoms with E-state index >= 15 is 0 Å². The molecule has 0 unspecified atom stereocenters. The maximum Gasteiger partial charge on any atom is 0.255 e. The van der Waals surface area contributed by atoms with Crippen molar-refractivity contribution in [1.82, 2.24) is 14.8 Å². The lowest BCUT2D eigenvalue weighted by atomic mass is 9.89. The molecule has 0 N–H and O–H groups in total. The van der Waals surface area contributed by atoms with E-state index in [2.05, 4.69) is 4.98 Å². The van der Waals surface area contributed by atoms with Gasteiger partial charge in [0.15, 0.2) is 0 Å². The van der Waals surface area contributed by atoms with E-state index in [1.807, 2.05) is 28.9 Å². The van der Waals surface area contributed by atoms with Crippen LogP contribution in [0.4, 0.5) is 0 Å². The van der Waals surface area contributed by atoms with Gasteiger partial charge in [0.1, 0.15) is 0 Å². The van der Waals surface area contributed by atoms with Crippen LogP contribution in [0.1, 0.15) is 35.8 Å². The van der Waals surface area contributed by atoms with Crippen molar-refractivity contribution < 1.29 is 14.3 Å². The van der Waals surface area contributed by atoms with E-state index < -0.39 is 0 Å². The number of carbonyl (C=O) groups is 2. The second-order valence-electron chi connectivity index (χ2n) is 6.45. The average molecular weight is 317 g/mol. The van der Waals surface area contributed by atoms with E-state index in [0.717, 1.165) is 18.5 Å². The zero-order chi connectivity index (χ0) is 16.4. The number of carbonyl (C=O) groups excluding carboxylic acids is 2. The summed E-state index contributed by atoms with van der Waals surface area (Å²) in [5.41, 5.74) is 1.21. The third-order valence-electron chi connectivity index (χ3n) is 4.81. The minimum absolute atomic E-state index is 0.00849. The summed E-state index contributed by atoms with van der Waals surface area (Å²) in [4.78, 5) is 32.1. The Balaban J connectivity index is 1.67. The van der Waals surface area contributed by atoms with Gasteiger partial charge in [0.25, 0.3) is 5.91 Å². The monoisotopic (exact) mass is 317 g/mol. The molecule has 23 heavy (non-hydrogen) atoms. The van der Waals surface area contributed by atoms with Crippen LogP contribution in [-0.2, 0) is 9.53 Å². The normalized spacial score (nSPS) is 20.6. The van der Waals surface area contributed by atoms with Crippen LogP contribution >= 0.6 is 0 Å². The first kappa shape index (κ1) is 15.9. The minimum atomic E-state index is -0.308. The first-order chi connectivity index (χ1) is 11.0. The zero-order valence-electron chi connectivity index (χ0n) is 13.7. The molecule has 1 aromatic rings. The highest BCUT2D eigenvalue weighted by atomic mass is 16.5. The van der Waals surface area contributed by atoms with E-state index in [4.69, 9.17) is 4.74 Å². The van der Waals surface area contributed by atoms with Crippen molar-refractivity contribution >= 4 is 11.8 Å². The topological polar surface area (TPSA) is 62.7 Å². The molecule has 0 atom stereocenters. The first-order valence-corrected chi connectivity index (χ1v) is 8.10. The fraction of sp³-hybridized carbons (Fsp3) is 0.588. The maximum absolute atomic E-state index is 12.7. The highest BCUT2D eigenvalue weighted by Crippen LogP contribution is 2.30. The number of aryl methyl sites for hydroxylation is 1. The standard InChI is InChI=1S/C17H23N3O3/c1-13-3-4-15(11-18-13)16(22)20-9-10-23-17(12-20)5-7-19(8-6-17)14(2)21/h3-4,11H,5-10,12H2,1-2H3. The van der Waals surface area contributed by atoms with E-state index in [0.29, 0.717) is 38.3 Å². The molecule has 2 aliphatic heterocycles. The Morgan fingerprint density at radius 2 is 1.91 bits per heavy atom. The number of rotatable bonds is 1. The third kappa shape index (κ3) is 3.37. The van der Waals surface area contributed by atoms with Crippen LogP contribution in [0.15, 0.2) is 18.3 Å². The van der Waals surface area contributed by atoms with Gasteiger partial charge >= 0.3 is 0 Å². The van der Waals surface area contributed by atoms with E-state index in [1.165, 1.54) is 0 Å². The average Bonchev–Trinajstić information content (AvgIpc) is 2.55. The van der Waals surface area contributed by atoms with Gasteiger partial charge in [-0.2, -0.15) is 0 Å². The maximum atomic E-state index is 12.7. The van der Waals surface area contributed by atoms with Gasteiger partial charge in [-0.15, -0.1) is 0 Å². The summed E-state index contributed by atoms with van der Waals surface area (Å²) in [7, 11) is 0. The van der Waals surface area contributed by atoms with Gasteiger partial charge in [-0.05, 0) is 31.9 Å². The van der Waals surface area contributed by atoms with Crippen LogP contribution in [0.2, 0.25) is 0 Å².